The average Bonchev–Trinajstić information content (AvgIpc) is 2.19. The smallest absolute Gasteiger partial charge is 0.232 e. The minimum Gasteiger partial charge on any atom is -0.289 e. The standard InChI is InChI=1S/C9H5ClF2O2/c10-4-8(13)9(14)6-3-5(11)1-2-7(6)12/h1-3H,4H2. The molecule has 0 heterocycles. The molecule has 0 bridgehead atoms. The molecule has 1 aromatic rings. The summed E-state index contributed by atoms with van der Waals surface area (Å²) in [6, 6.07) is 2.31. The molecule has 1 rings (SSSR count). The summed E-state index contributed by atoms with van der Waals surface area (Å²) in [6.45, 7) is 0. The van der Waals surface area contributed by atoms with Gasteiger partial charge in [0.2, 0.25) is 11.6 Å². The van der Waals surface area contributed by atoms with Gasteiger partial charge in [0.05, 0.1) is 11.4 Å². The molecule has 0 aliphatic rings. The lowest BCUT2D eigenvalue weighted by molar-refractivity contribution is -0.112. The van der Waals surface area contributed by atoms with E-state index in [-0.39, 0.29) is 0 Å². The Hall–Kier alpha value is -1.29. The number of benzene rings is 1. The van der Waals surface area contributed by atoms with Crippen LogP contribution in [0.5, 0.6) is 0 Å². The minimum absolute atomic E-state index is 0.547. The first-order valence-electron chi connectivity index (χ1n) is 3.65. The normalized spacial score (nSPS) is 9.93. The predicted molar refractivity (Wildman–Crippen MR) is 46.4 cm³/mol. The molecule has 2 nitrogen and oxygen atoms in total. The Labute approximate surface area is 83.5 Å². The lowest BCUT2D eigenvalue weighted by Crippen LogP contribution is -2.17. The van der Waals surface area contributed by atoms with Gasteiger partial charge < -0.3 is 0 Å². The van der Waals surface area contributed by atoms with Gasteiger partial charge in [-0.15, -0.1) is 11.6 Å². The van der Waals surface area contributed by atoms with E-state index in [9.17, 15) is 18.4 Å². The van der Waals surface area contributed by atoms with Crippen molar-refractivity contribution in [1.29, 1.82) is 0 Å². The van der Waals surface area contributed by atoms with Crippen LogP contribution >= 0.6 is 11.6 Å². The zero-order chi connectivity index (χ0) is 10.7. The summed E-state index contributed by atoms with van der Waals surface area (Å²) < 4.78 is 25.5. The van der Waals surface area contributed by atoms with Crippen molar-refractivity contribution in [2.75, 3.05) is 5.88 Å². The van der Waals surface area contributed by atoms with Gasteiger partial charge in [-0.05, 0) is 18.2 Å². The SMILES string of the molecule is O=C(CCl)C(=O)c1cc(F)ccc1F. The molecule has 0 aliphatic heterocycles. The molecule has 0 spiro atoms. The number of carbonyl (C=O) groups is 2. The van der Waals surface area contributed by atoms with E-state index in [0.717, 1.165) is 12.1 Å². The summed E-state index contributed by atoms with van der Waals surface area (Å²) in [5, 5.41) is 0. The van der Waals surface area contributed by atoms with Crippen molar-refractivity contribution in [2.24, 2.45) is 0 Å². The van der Waals surface area contributed by atoms with Gasteiger partial charge in [0, 0.05) is 0 Å². The fourth-order valence-electron chi connectivity index (χ4n) is 0.882. The van der Waals surface area contributed by atoms with Crippen LogP contribution in [0.4, 0.5) is 8.78 Å². The van der Waals surface area contributed by atoms with Gasteiger partial charge in [0.15, 0.2) is 0 Å². The molecule has 0 saturated carbocycles. The average molecular weight is 219 g/mol. The summed E-state index contributed by atoms with van der Waals surface area (Å²) in [4.78, 5) is 21.9. The highest BCUT2D eigenvalue weighted by Gasteiger charge is 2.19. The van der Waals surface area contributed by atoms with E-state index in [1.54, 1.807) is 0 Å². The van der Waals surface area contributed by atoms with E-state index in [2.05, 4.69) is 0 Å². The van der Waals surface area contributed by atoms with Crippen LogP contribution < -0.4 is 0 Å². The van der Waals surface area contributed by atoms with Gasteiger partial charge in [0.25, 0.3) is 0 Å². The highest BCUT2D eigenvalue weighted by molar-refractivity contribution is 6.51. The van der Waals surface area contributed by atoms with Gasteiger partial charge in [-0.25, -0.2) is 8.78 Å². The second-order valence-corrected chi connectivity index (χ2v) is 2.78. The third-order valence-electron chi connectivity index (χ3n) is 1.55. The van der Waals surface area contributed by atoms with Crippen LogP contribution in [0.25, 0.3) is 0 Å². The highest BCUT2D eigenvalue weighted by atomic mass is 35.5. The topological polar surface area (TPSA) is 34.1 Å². The Morgan fingerprint density at radius 2 is 1.93 bits per heavy atom. The number of Topliss-reactive ketones (excluding diaryl/α,β-unsaturated/α-hetero) is 2. The summed E-state index contributed by atoms with van der Waals surface area (Å²) in [7, 11) is 0. The molecule has 1 aromatic carbocycles. The summed E-state index contributed by atoms with van der Waals surface area (Å²) in [5.74, 6) is -4.34. The fourth-order valence-corrected chi connectivity index (χ4v) is 1.00. The molecule has 0 aromatic heterocycles. The van der Waals surface area contributed by atoms with Crippen LogP contribution in [0.3, 0.4) is 0 Å². The van der Waals surface area contributed by atoms with E-state index in [4.69, 9.17) is 11.6 Å². The van der Waals surface area contributed by atoms with Gasteiger partial charge in [-0.1, -0.05) is 0 Å². The molecule has 0 unspecified atom stereocenters. The zero-order valence-corrected chi connectivity index (χ0v) is 7.65. The lowest BCUT2D eigenvalue weighted by Gasteiger charge is -1.99. The van der Waals surface area contributed by atoms with Crippen LogP contribution in [0.15, 0.2) is 18.2 Å². The molecule has 0 radical (unpaired) electrons. The van der Waals surface area contributed by atoms with E-state index in [1.165, 1.54) is 0 Å². The lowest BCUT2D eigenvalue weighted by atomic mass is 10.1. The van der Waals surface area contributed by atoms with Crippen LogP contribution in [-0.4, -0.2) is 17.4 Å². The number of alkyl halides is 1. The molecule has 0 atom stereocenters. The Kier molecular flexibility index (Phi) is 3.30. The third kappa shape index (κ3) is 2.14. The number of rotatable bonds is 3. The van der Waals surface area contributed by atoms with Crippen molar-refractivity contribution in [1.82, 2.24) is 0 Å². The van der Waals surface area contributed by atoms with Gasteiger partial charge in [-0.3, -0.25) is 9.59 Å². The molecular formula is C9H5ClF2O2. The number of ketones is 2. The van der Waals surface area contributed by atoms with E-state index >= 15 is 0 Å². The first kappa shape index (κ1) is 10.8. The fraction of sp³-hybridized carbons (Fsp3) is 0.111. The molecule has 5 heteroatoms. The molecule has 74 valence electrons. The second kappa shape index (κ2) is 4.28. The number of hydrogen-bond acceptors (Lipinski definition) is 2. The van der Waals surface area contributed by atoms with Gasteiger partial charge >= 0.3 is 0 Å². The van der Waals surface area contributed by atoms with Gasteiger partial charge in [-0.2, -0.15) is 0 Å². The maximum Gasteiger partial charge on any atom is 0.232 e. The number of hydrogen-bond donors (Lipinski definition) is 0. The van der Waals surface area contributed by atoms with Crippen molar-refractivity contribution in [3.8, 4) is 0 Å². The molecule has 0 fully saturated rings. The van der Waals surface area contributed by atoms with Crippen molar-refractivity contribution < 1.29 is 18.4 Å². The number of halogens is 3. The Morgan fingerprint density at radius 1 is 1.29 bits per heavy atom. The Bertz CT molecular complexity index is 390. The van der Waals surface area contributed by atoms with Crippen molar-refractivity contribution in [2.45, 2.75) is 0 Å². The van der Waals surface area contributed by atoms with E-state index < -0.39 is 34.6 Å². The zero-order valence-electron chi connectivity index (χ0n) is 6.89. The summed E-state index contributed by atoms with van der Waals surface area (Å²) >= 11 is 5.10. The minimum atomic E-state index is -1.11. The largest absolute Gasteiger partial charge is 0.289 e. The molecule has 0 amide bonds. The molecule has 0 N–H and O–H groups in total. The first-order valence-corrected chi connectivity index (χ1v) is 4.18. The maximum atomic E-state index is 12.9. The third-order valence-corrected chi connectivity index (χ3v) is 1.79. The Balaban J connectivity index is 3.12. The van der Waals surface area contributed by atoms with E-state index in [1.807, 2.05) is 0 Å². The van der Waals surface area contributed by atoms with Crippen molar-refractivity contribution in [3.05, 3.63) is 35.4 Å². The van der Waals surface area contributed by atoms with E-state index in [0.29, 0.717) is 6.07 Å². The first-order chi connectivity index (χ1) is 6.56. The molecule has 14 heavy (non-hydrogen) atoms. The van der Waals surface area contributed by atoms with Crippen LogP contribution in [0, 0.1) is 11.6 Å². The van der Waals surface area contributed by atoms with Crippen LogP contribution in [-0.2, 0) is 4.79 Å². The summed E-state index contributed by atoms with van der Waals surface area (Å²) in [6.07, 6.45) is 0. The van der Waals surface area contributed by atoms with Crippen molar-refractivity contribution >= 4 is 23.2 Å². The van der Waals surface area contributed by atoms with Crippen LogP contribution in [0.1, 0.15) is 10.4 Å². The van der Waals surface area contributed by atoms with Crippen molar-refractivity contribution in [3.63, 3.8) is 0 Å². The summed E-state index contributed by atoms with van der Waals surface area (Å²) in [5.41, 5.74) is -0.587. The van der Waals surface area contributed by atoms with Gasteiger partial charge in [0.1, 0.15) is 11.6 Å². The monoisotopic (exact) mass is 218 g/mol. The highest BCUT2D eigenvalue weighted by Crippen LogP contribution is 2.11. The quantitative estimate of drug-likeness (QED) is 0.442. The predicted octanol–water partition coefficient (Wildman–Crippen LogP) is 1.96. The Morgan fingerprint density at radius 3 is 2.50 bits per heavy atom. The molecular weight excluding hydrogens is 214 g/mol. The van der Waals surface area contributed by atoms with Crippen LogP contribution in [0.2, 0.25) is 0 Å². The molecule has 0 aliphatic carbocycles. The second-order valence-electron chi connectivity index (χ2n) is 2.51. The maximum absolute atomic E-state index is 12.9. The number of carbonyl (C=O) groups excluding carboxylic acids is 2. The molecule has 0 saturated heterocycles.